The van der Waals surface area contributed by atoms with Gasteiger partial charge in [-0.3, -0.25) is 4.79 Å². The van der Waals surface area contributed by atoms with Crippen LogP contribution >= 0.6 is 24.0 Å². The summed E-state index contributed by atoms with van der Waals surface area (Å²) in [6.07, 6.45) is 2.81. The Hall–Kier alpha value is -1.33. The summed E-state index contributed by atoms with van der Waals surface area (Å²) in [4.78, 5) is 12.1. The molecule has 0 aliphatic carbocycles. The molecule has 1 aliphatic heterocycles. The zero-order valence-electron chi connectivity index (χ0n) is 9.93. The summed E-state index contributed by atoms with van der Waals surface area (Å²) in [7, 11) is 0. The van der Waals surface area contributed by atoms with E-state index >= 15 is 0 Å². The number of carbonyl (C=O) groups is 1. The fourth-order valence-corrected chi connectivity index (χ4v) is 2.50. The maximum atomic E-state index is 11.5. The van der Waals surface area contributed by atoms with E-state index in [1.807, 2.05) is 30.3 Å². The van der Waals surface area contributed by atoms with Crippen LogP contribution in [-0.4, -0.2) is 16.8 Å². The molecule has 1 aliphatic rings. The molecule has 1 heterocycles. The van der Waals surface area contributed by atoms with Gasteiger partial charge < -0.3 is 10.1 Å². The Morgan fingerprint density at radius 3 is 2.67 bits per heavy atom. The van der Waals surface area contributed by atoms with E-state index in [0.717, 1.165) is 17.7 Å². The Morgan fingerprint density at radius 2 is 2.11 bits per heavy atom. The van der Waals surface area contributed by atoms with Gasteiger partial charge in [0, 0.05) is 0 Å². The second-order valence-corrected chi connectivity index (χ2v) is 5.49. The fraction of sp³-hybridized carbons (Fsp3) is 0.231. The minimum absolute atomic E-state index is 0.128. The van der Waals surface area contributed by atoms with E-state index in [-0.39, 0.29) is 5.91 Å². The minimum Gasteiger partial charge on any atom is -0.494 e. The SMILES string of the molecule is CCCOc1ccc(/C=C2\SC(=S)NC2=O)cc1. The van der Waals surface area contributed by atoms with Crippen molar-refractivity contribution in [2.24, 2.45) is 0 Å². The monoisotopic (exact) mass is 279 g/mol. The Kier molecular flexibility index (Phi) is 4.38. The Labute approximate surface area is 116 Å². The highest BCUT2D eigenvalue weighted by Crippen LogP contribution is 2.26. The molecule has 0 spiro atoms. The van der Waals surface area contributed by atoms with Crippen molar-refractivity contribution in [3.63, 3.8) is 0 Å². The number of thiocarbonyl (C=S) groups is 1. The summed E-state index contributed by atoms with van der Waals surface area (Å²) < 4.78 is 6.00. The highest BCUT2D eigenvalue weighted by Gasteiger charge is 2.21. The van der Waals surface area contributed by atoms with E-state index in [2.05, 4.69) is 12.2 Å². The maximum absolute atomic E-state index is 11.5. The highest BCUT2D eigenvalue weighted by molar-refractivity contribution is 8.26. The van der Waals surface area contributed by atoms with Gasteiger partial charge in [-0.1, -0.05) is 43.0 Å². The van der Waals surface area contributed by atoms with Crippen LogP contribution in [0.4, 0.5) is 0 Å². The van der Waals surface area contributed by atoms with Gasteiger partial charge in [-0.15, -0.1) is 0 Å². The van der Waals surface area contributed by atoms with Crippen molar-refractivity contribution < 1.29 is 9.53 Å². The van der Waals surface area contributed by atoms with E-state index in [4.69, 9.17) is 17.0 Å². The number of carbonyl (C=O) groups excluding carboxylic acids is 1. The zero-order valence-corrected chi connectivity index (χ0v) is 11.6. The Morgan fingerprint density at radius 1 is 1.39 bits per heavy atom. The molecule has 18 heavy (non-hydrogen) atoms. The second-order valence-electron chi connectivity index (χ2n) is 3.77. The van der Waals surface area contributed by atoms with Crippen molar-refractivity contribution in [2.75, 3.05) is 6.61 Å². The first-order valence-electron chi connectivity index (χ1n) is 5.67. The Balaban J connectivity index is 2.08. The van der Waals surface area contributed by atoms with Gasteiger partial charge >= 0.3 is 0 Å². The summed E-state index contributed by atoms with van der Waals surface area (Å²) in [5.41, 5.74) is 0.959. The third-order valence-electron chi connectivity index (χ3n) is 2.29. The Bertz CT molecular complexity index is 494. The van der Waals surface area contributed by atoms with Gasteiger partial charge in [-0.2, -0.15) is 0 Å². The molecule has 0 atom stereocenters. The van der Waals surface area contributed by atoms with E-state index in [0.29, 0.717) is 15.8 Å². The molecular formula is C13H13NO2S2. The molecule has 1 N–H and O–H groups in total. The first-order valence-corrected chi connectivity index (χ1v) is 6.89. The molecule has 5 heteroatoms. The predicted molar refractivity (Wildman–Crippen MR) is 78.5 cm³/mol. The van der Waals surface area contributed by atoms with Crippen LogP contribution in [0.3, 0.4) is 0 Å². The summed E-state index contributed by atoms with van der Waals surface area (Å²) in [5, 5.41) is 2.59. The van der Waals surface area contributed by atoms with Gasteiger partial charge in [0.05, 0.1) is 11.5 Å². The van der Waals surface area contributed by atoms with Crippen molar-refractivity contribution in [2.45, 2.75) is 13.3 Å². The molecule has 0 bridgehead atoms. The lowest BCUT2D eigenvalue weighted by Crippen LogP contribution is -2.17. The first-order chi connectivity index (χ1) is 8.69. The minimum atomic E-state index is -0.128. The summed E-state index contributed by atoms with van der Waals surface area (Å²) in [6, 6.07) is 7.65. The third kappa shape index (κ3) is 3.34. The fourth-order valence-electron chi connectivity index (χ4n) is 1.45. The van der Waals surface area contributed by atoms with Crippen LogP contribution in [0.25, 0.3) is 6.08 Å². The molecule has 0 radical (unpaired) electrons. The molecule has 1 saturated heterocycles. The molecule has 94 valence electrons. The van der Waals surface area contributed by atoms with Crippen molar-refractivity contribution in [1.82, 2.24) is 5.32 Å². The molecule has 0 unspecified atom stereocenters. The van der Waals surface area contributed by atoms with Crippen LogP contribution in [0.15, 0.2) is 29.2 Å². The van der Waals surface area contributed by atoms with Crippen molar-refractivity contribution in [1.29, 1.82) is 0 Å². The summed E-state index contributed by atoms with van der Waals surface area (Å²) in [5.74, 6) is 0.717. The number of hydrogen-bond donors (Lipinski definition) is 1. The molecule has 0 saturated carbocycles. The zero-order chi connectivity index (χ0) is 13.0. The second kappa shape index (κ2) is 6.02. The van der Waals surface area contributed by atoms with E-state index in [1.165, 1.54) is 11.8 Å². The van der Waals surface area contributed by atoms with Crippen LogP contribution in [0, 0.1) is 0 Å². The van der Waals surface area contributed by atoms with Gasteiger partial charge in [0.15, 0.2) is 0 Å². The molecule has 3 nitrogen and oxygen atoms in total. The topological polar surface area (TPSA) is 38.3 Å². The normalized spacial score (nSPS) is 17.1. The molecule has 1 amide bonds. The highest BCUT2D eigenvalue weighted by atomic mass is 32.2. The van der Waals surface area contributed by atoms with Crippen LogP contribution in [0.5, 0.6) is 5.75 Å². The molecule has 1 aromatic carbocycles. The first kappa shape index (κ1) is 13.1. The quantitative estimate of drug-likeness (QED) is 0.679. The van der Waals surface area contributed by atoms with Crippen LogP contribution in [0.2, 0.25) is 0 Å². The lowest BCUT2D eigenvalue weighted by Gasteiger charge is -2.04. The van der Waals surface area contributed by atoms with Crippen LogP contribution in [-0.2, 0) is 4.79 Å². The summed E-state index contributed by atoms with van der Waals surface area (Å²) >= 11 is 6.22. The smallest absolute Gasteiger partial charge is 0.263 e. The molecule has 2 rings (SSSR count). The van der Waals surface area contributed by atoms with Gasteiger partial charge in [0.1, 0.15) is 10.1 Å². The van der Waals surface area contributed by atoms with E-state index in [1.54, 1.807) is 0 Å². The van der Waals surface area contributed by atoms with E-state index < -0.39 is 0 Å². The third-order valence-corrected chi connectivity index (χ3v) is 3.46. The van der Waals surface area contributed by atoms with E-state index in [9.17, 15) is 4.79 Å². The number of rotatable bonds is 4. The van der Waals surface area contributed by atoms with Crippen LogP contribution < -0.4 is 10.1 Å². The molecular weight excluding hydrogens is 266 g/mol. The van der Waals surface area contributed by atoms with Crippen LogP contribution in [0.1, 0.15) is 18.9 Å². The number of benzene rings is 1. The number of amides is 1. The standard InChI is InChI=1S/C13H13NO2S2/c1-2-7-16-10-5-3-9(4-6-10)8-11-12(15)14-13(17)18-11/h3-6,8H,2,7H2,1H3,(H,14,15,17)/b11-8-. The number of thioether (sulfide) groups is 1. The number of nitrogens with one attached hydrogen (secondary N) is 1. The number of ether oxygens (including phenoxy) is 1. The van der Waals surface area contributed by atoms with Gasteiger partial charge in [-0.05, 0) is 30.2 Å². The lowest BCUT2D eigenvalue weighted by atomic mass is 10.2. The maximum Gasteiger partial charge on any atom is 0.263 e. The van der Waals surface area contributed by atoms with Gasteiger partial charge in [0.25, 0.3) is 5.91 Å². The largest absolute Gasteiger partial charge is 0.494 e. The van der Waals surface area contributed by atoms with Crippen molar-refractivity contribution >= 4 is 40.3 Å². The molecule has 1 fully saturated rings. The van der Waals surface area contributed by atoms with Crippen molar-refractivity contribution in [3.05, 3.63) is 34.7 Å². The number of hydrogen-bond acceptors (Lipinski definition) is 4. The molecule has 0 aromatic heterocycles. The average Bonchev–Trinajstić information content (AvgIpc) is 2.67. The van der Waals surface area contributed by atoms with Crippen molar-refractivity contribution in [3.8, 4) is 5.75 Å². The van der Waals surface area contributed by atoms with Gasteiger partial charge in [-0.25, -0.2) is 0 Å². The lowest BCUT2D eigenvalue weighted by molar-refractivity contribution is -0.115. The predicted octanol–water partition coefficient (Wildman–Crippen LogP) is 2.96. The summed E-state index contributed by atoms with van der Waals surface area (Å²) in [6.45, 7) is 2.78. The average molecular weight is 279 g/mol. The molecule has 1 aromatic rings. The van der Waals surface area contributed by atoms with Gasteiger partial charge in [0.2, 0.25) is 0 Å².